The molecule has 0 radical (unpaired) electrons. The summed E-state index contributed by atoms with van der Waals surface area (Å²) < 4.78 is 12.9. The summed E-state index contributed by atoms with van der Waals surface area (Å²) in [5, 5.41) is 12.3. The average Bonchev–Trinajstić information content (AvgIpc) is 2.65. The molecule has 2 rings (SSSR count). The second kappa shape index (κ2) is 9.38. The quantitative estimate of drug-likeness (QED) is 0.610. The molecule has 4 nitrogen and oxygen atoms in total. The molecular formula is C21H22FN3O. The van der Waals surface area contributed by atoms with E-state index in [1.54, 1.807) is 17.0 Å². The molecule has 0 saturated carbocycles. The van der Waals surface area contributed by atoms with E-state index in [4.69, 9.17) is 0 Å². The number of nitriles is 1. The van der Waals surface area contributed by atoms with E-state index in [-0.39, 0.29) is 23.3 Å². The highest BCUT2D eigenvalue weighted by molar-refractivity contribution is 5.97. The number of carbonyl (C=O) groups excluding carboxylic acids is 1. The molecule has 0 aliphatic carbocycles. The molecule has 134 valence electrons. The van der Waals surface area contributed by atoms with Gasteiger partial charge in [-0.25, -0.2) is 4.39 Å². The lowest BCUT2D eigenvalue weighted by Crippen LogP contribution is -2.37. The fraction of sp³-hybridized carbons (Fsp3) is 0.238. The topological polar surface area (TPSA) is 56.1 Å². The third-order valence-electron chi connectivity index (χ3n) is 3.90. The first kappa shape index (κ1) is 19.2. The molecule has 0 aliphatic rings. The van der Waals surface area contributed by atoms with Crippen LogP contribution in [0.3, 0.4) is 0 Å². The molecule has 1 amide bonds. The van der Waals surface area contributed by atoms with Crippen LogP contribution in [0.25, 0.3) is 0 Å². The number of nitrogens with zero attached hydrogens (tertiary/aromatic N) is 2. The van der Waals surface area contributed by atoms with Crippen molar-refractivity contribution >= 4 is 5.91 Å². The van der Waals surface area contributed by atoms with Gasteiger partial charge in [0, 0.05) is 25.3 Å². The summed E-state index contributed by atoms with van der Waals surface area (Å²) in [6.07, 6.45) is 1.42. The number of benzene rings is 2. The van der Waals surface area contributed by atoms with Gasteiger partial charge in [-0.1, -0.05) is 42.5 Å². The second-order valence-electron chi connectivity index (χ2n) is 6.19. The zero-order valence-electron chi connectivity index (χ0n) is 14.9. The summed E-state index contributed by atoms with van der Waals surface area (Å²) in [6.45, 7) is 4.68. The molecule has 2 aromatic rings. The van der Waals surface area contributed by atoms with Crippen LogP contribution in [0.1, 0.15) is 25.0 Å². The molecule has 0 unspecified atom stereocenters. The van der Waals surface area contributed by atoms with Crippen molar-refractivity contribution in [1.82, 2.24) is 10.2 Å². The third kappa shape index (κ3) is 5.45. The first-order valence-electron chi connectivity index (χ1n) is 8.44. The van der Waals surface area contributed by atoms with E-state index in [1.165, 1.54) is 18.3 Å². The van der Waals surface area contributed by atoms with Crippen molar-refractivity contribution in [2.45, 2.75) is 33.0 Å². The van der Waals surface area contributed by atoms with E-state index in [1.807, 2.05) is 50.2 Å². The molecule has 2 aromatic carbocycles. The predicted molar refractivity (Wildman–Crippen MR) is 99.1 cm³/mol. The van der Waals surface area contributed by atoms with Crippen molar-refractivity contribution in [3.8, 4) is 6.07 Å². The Hall–Kier alpha value is -3.13. The number of halogens is 1. The van der Waals surface area contributed by atoms with Gasteiger partial charge in [-0.15, -0.1) is 0 Å². The minimum Gasteiger partial charge on any atom is -0.386 e. The van der Waals surface area contributed by atoms with Crippen LogP contribution in [0.15, 0.2) is 66.4 Å². The molecule has 26 heavy (non-hydrogen) atoms. The first-order chi connectivity index (χ1) is 12.5. The minimum atomic E-state index is -0.321. The monoisotopic (exact) mass is 351 g/mol. The molecule has 1 N–H and O–H groups in total. The molecule has 0 aromatic heterocycles. The third-order valence-corrected chi connectivity index (χ3v) is 3.90. The van der Waals surface area contributed by atoms with Crippen LogP contribution in [0, 0.1) is 17.1 Å². The van der Waals surface area contributed by atoms with Gasteiger partial charge in [-0.2, -0.15) is 5.26 Å². The molecule has 0 fully saturated rings. The van der Waals surface area contributed by atoms with Crippen molar-refractivity contribution in [2.75, 3.05) is 0 Å². The number of hydrogen-bond acceptors (Lipinski definition) is 3. The second-order valence-corrected chi connectivity index (χ2v) is 6.19. The van der Waals surface area contributed by atoms with Crippen molar-refractivity contribution in [3.05, 3.63) is 83.3 Å². The standard InChI is InChI=1S/C21H22FN3O/c1-16(2)25(15-18-6-4-3-5-7-18)21(26)19(12-23)14-24-13-17-8-10-20(22)11-9-17/h3-11,14,16,24H,13,15H2,1-2H3/b19-14-. The summed E-state index contributed by atoms with van der Waals surface area (Å²) in [6, 6.07) is 17.6. The Morgan fingerprint density at radius 2 is 1.81 bits per heavy atom. The maximum atomic E-state index is 12.9. The Kier molecular flexibility index (Phi) is 6.92. The number of hydrogen-bond donors (Lipinski definition) is 1. The van der Waals surface area contributed by atoms with Gasteiger partial charge >= 0.3 is 0 Å². The van der Waals surface area contributed by atoms with E-state index in [2.05, 4.69) is 5.32 Å². The lowest BCUT2D eigenvalue weighted by atomic mass is 10.1. The van der Waals surface area contributed by atoms with Gasteiger partial charge in [0.1, 0.15) is 17.5 Å². The fourth-order valence-corrected chi connectivity index (χ4v) is 2.44. The molecular weight excluding hydrogens is 329 g/mol. The number of carbonyl (C=O) groups is 1. The highest BCUT2D eigenvalue weighted by Gasteiger charge is 2.21. The van der Waals surface area contributed by atoms with E-state index < -0.39 is 0 Å². The van der Waals surface area contributed by atoms with Crippen LogP contribution in [0.2, 0.25) is 0 Å². The van der Waals surface area contributed by atoms with Crippen LogP contribution < -0.4 is 5.32 Å². The molecule has 0 aliphatic heterocycles. The lowest BCUT2D eigenvalue weighted by Gasteiger charge is -2.26. The zero-order chi connectivity index (χ0) is 18.9. The zero-order valence-corrected chi connectivity index (χ0v) is 14.9. The number of amides is 1. The Labute approximate surface area is 153 Å². The first-order valence-corrected chi connectivity index (χ1v) is 8.44. The highest BCUT2D eigenvalue weighted by atomic mass is 19.1. The van der Waals surface area contributed by atoms with E-state index in [9.17, 15) is 14.4 Å². The molecule has 0 spiro atoms. The van der Waals surface area contributed by atoms with Gasteiger partial charge in [0.25, 0.3) is 5.91 Å². The van der Waals surface area contributed by atoms with E-state index >= 15 is 0 Å². The SMILES string of the molecule is CC(C)N(Cc1ccccc1)C(=O)/C(C#N)=C\NCc1ccc(F)cc1. The van der Waals surface area contributed by atoms with Gasteiger partial charge < -0.3 is 10.2 Å². The maximum Gasteiger partial charge on any atom is 0.266 e. The van der Waals surface area contributed by atoms with Crippen LogP contribution in [0.4, 0.5) is 4.39 Å². The summed E-state index contributed by atoms with van der Waals surface area (Å²) in [5.41, 5.74) is 1.90. The lowest BCUT2D eigenvalue weighted by molar-refractivity contribution is -0.129. The van der Waals surface area contributed by atoms with Gasteiger partial charge in [0.2, 0.25) is 0 Å². The summed E-state index contributed by atoms with van der Waals surface area (Å²) in [4.78, 5) is 14.4. The molecule has 5 heteroatoms. The number of rotatable bonds is 7. The van der Waals surface area contributed by atoms with E-state index in [0.29, 0.717) is 13.1 Å². The molecule has 0 heterocycles. The maximum absolute atomic E-state index is 12.9. The Balaban J connectivity index is 2.06. The van der Waals surface area contributed by atoms with Crippen molar-refractivity contribution in [1.29, 1.82) is 5.26 Å². The van der Waals surface area contributed by atoms with Crippen molar-refractivity contribution in [3.63, 3.8) is 0 Å². The Morgan fingerprint density at radius 1 is 1.15 bits per heavy atom. The predicted octanol–water partition coefficient (Wildman–Crippen LogP) is 3.76. The van der Waals surface area contributed by atoms with Gasteiger partial charge in [-0.05, 0) is 37.1 Å². The Morgan fingerprint density at radius 3 is 2.38 bits per heavy atom. The fourth-order valence-electron chi connectivity index (χ4n) is 2.44. The highest BCUT2D eigenvalue weighted by Crippen LogP contribution is 2.12. The summed E-state index contributed by atoms with van der Waals surface area (Å²) in [7, 11) is 0. The summed E-state index contributed by atoms with van der Waals surface area (Å²) >= 11 is 0. The molecule has 0 bridgehead atoms. The van der Waals surface area contributed by atoms with E-state index in [0.717, 1.165) is 11.1 Å². The normalized spacial score (nSPS) is 11.1. The van der Waals surface area contributed by atoms with Gasteiger partial charge in [0.15, 0.2) is 0 Å². The van der Waals surface area contributed by atoms with Gasteiger partial charge in [-0.3, -0.25) is 4.79 Å². The van der Waals surface area contributed by atoms with Gasteiger partial charge in [0.05, 0.1) is 0 Å². The van der Waals surface area contributed by atoms with Crippen LogP contribution in [-0.4, -0.2) is 16.8 Å². The largest absolute Gasteiger partial charge is 0.386 e. The average molecular weight is 351 g/mol. The van der Waals surface area contributed by atoms with Crippen molar-refractivity contribution in [2.24, 2.45) is 0 Å². The van der Waals surface area contributed by atoms with Crippen LogP contribution >= 0.6 is 0 Å². The van der Waals surface area contributed by atoms with Crippen LogP contribution in [0.5, 0.6) is 0 Å². The molecule has 0 saturated heterocycles. The molecule has 0 atom stereocenters. The smallest absolute Gasteiger partial charge is 0.266 e. The minimum absolute atomic E-state index is 0.0387. The van der Waals surface area contributed by atoms with Crippen molar-refractivity contribution < 1.29 is 9.18 Å². The van der Waals surface area contributed by atoms with Crippen LogP contribution in [-0.2, 0) is 17.9 Å². The summed E-state index contributed by atoms with van der Waals surface area (Å²) in [5.74, 6) is -0.622. The number of nitrogens with one attached hydrogen (secondary N) is 1. The Bertz CT molecular complexity index is 792.